The summed E-state index contributed by atoms with van der Waals surface area (Å²) in [6, 6.07) is 0.240. The molecule has 15 heavy (non-hydrogen) atoms. The van der Waals surface area contributed by atoms with E-state index in [1.807, 2.05) is 18.7 Å². The van der Waals surface area contributed by atoms with Crippen LogP contribution in [0.1, 0.15) is 33.1 Å². The molecule has 2 rings (SSSR count). The number of amides is 1. The van der Waals surface area contributed by atoms with Gasteiger partial charge in [-0.25, -0.2) is 0 Å². The van der Waals surface area contributed by atoms with E-state index in [-0.39, 0.29) is 30.3 Å². The molecule has 1 heterocycles. The van der Waals surface area contributed by atoms with Crippen molar-refractivity contribution in [1.82, 2.24) is 4.90 Å². The van der Waals surface area contributed by atoms with Gasteiger partial charge in [-0.3, -0.25) is 4.79 Å². The van der Waals surface area contributed by atoms with Gasteiger partial charge in [-0.05, 0) is 24.7 Å². The first kappa shape index (κ1) is 12.8. The van der Waals surface area contributed by atoms with Gasteiger partial charge in [0.25, 0.3) is 0 Å². The topological polar surface area (TPSA) is 46.3 Å². The van der Waals surface area contributed by atoms with Gasteiger partial charge in [-0.15, -0.1) is 12.4 Å². The van der Waals surface area contributed by atoms with E-state index in [2.05, 4.69) is 0 Å². The van der Waals surface area contributed by atoms with Crippen molar-refractivity contribution >= 4 is 18.3 Å². The van der Waals surface area contributed by atoms with Gasteiger partial charge in [-0.1, -0.05) is 20.3 Å². The number of hydrogen-bond donors (Lipinski definition) is 1. The molecule has 2 aliphatic rings. The Morgan fingerprint density at radius 1 is 1.40 bits per heavy atom. The number of carbonyl (C=O) groups excluding carboxylic acids is 1. The monoisotopic (exact) mass is 232 g/mol. The number of fused-ring (bicyclic) bond motifs is 1. The van der Waals surface area contributed by atoms with Crippen molar-refractivity contribution in [2.45, 2.75) is 45.2 Å². The number of nitrogens with zero attached hydrogens (tertiary/aromatic N) is 1. The molecule has 0 spiro atoms. The lowest BCUT2D eigenvalue weighted by molar-refractivity contribution is -0.144. The minimum Gasteiger partial charge on any atom is -0.338 e. The van der Waals surface area contributed by atoms with Crippen LogP contribution in [0.15, 0.2) is 0 Å². The molecule has 88 valence electrons. The van der Waals surface area contributed by atoms with Crippen LogP contribution in [-0.2, 0) is 4.79 Å². The zero-order chi connectivity index (χ0) is 10.3. The highest BCUT2D eigenvalue weighted by molar-refractivity contribution is 5.85. The van der Waals surface area contributed by atoms with Gasteiger partial charge in [0.05, 0.1) is 6.04 Å². The lowest BCUT2D eigenvalue weighted by Gasteiger charge is -2.46. The molecule has 0 aromatic heterocycles. The maximum Gasteiger partial charge on any atom is 0.240 e. The lowest BCUT2D eigenvalue weighted by Crippen LogP contribution is -2.60. The highest BCUT2D eigenvalue weighted by atomic mass is 35.5. The van der Waals surface area contributed by atoms with Crippen LogP contribution in [0.25, 0.3) is 0 Å². The maximum absolute atomic E-state index is 11.9. The summed E-state index contributed by atoms with van der Waals surface area (Å²) in [5.41, 5.74) is 5.86. The van der Waals surface area contributed by atoms with Crippen molar-refractivity contribution < 1.29 is 4.79 Å². The highest BCUT2D eigenvalue weighted by Gasteiger charge is 2.45. The molecule has 1 saturated carbocycles. The minimum atomic E-state index is -0.295. The summed E-state index contributed by atoms with van der Waals surface area (Å²) < 4.78 is 0. The van der Waals surface area contributed by atoms with E-state index in [4.69, 9.17) is 5.73 Å². The van der Waals surface area contributed by atoms with E-state index in [0.717, 1.165) is 12.5 Å². The molecule has 0 radical (unpaired) electrons. The van der Waals surface area contributed by atoms with Crippen molar-refractivity contribution in [2.75, 3.05) is 6.54 Å². The zero-order valence-corrected chi connectivity index (χ0v) is 10.3. The molecule has 2 unspecified atom stereocenters. The van der Waals surface area contributed by atoms with Crippen molar-refractivity contribution in [3.8, 4) is 0 Å². The van der Waals surface area contributed by atoms with Crippen LogP contribution in [0, 0.1) is 11.8 Å². The maximum atomic E-state index is 11.9. The molecule has 4 heteroatoms. The van der Waals surface area contributed by atoms with Crippen LogP contribution < -0.4 is 5.73 Å². The minimum absolute atomic E-state index is 0. The third-order valence-corrected chi connectivity index (χ3v) is 3.74. The van der Waals surface area contributed by atoms with Gasteiger partial charge >= 0.3 is 0 Å². The van der Waals surface area contributed by atoms with Crippen LogP contribution in [0.5, 0.6) is 0 Å². The largest absolute Gasteiger partial charge is 0.338 e. The van der Waals surface area contributed by atoms with Crippen molar-refractivity contribution in [3.05, 3.63) is 0 Å². The van der Waals surface area contributed by atoms with E-state index in [9.17, 15) is 4.79 Å². The molecular formula is C11H21ClN2O. The Hall–Kier alpha value is -0.280. The number of nitrogens with two attached hydrogens (primary N) is 1. The highest BCUT2D eigenvalue weighted by Crippen LogP contribution is 2.39. The van der Waals surface area contributed by atoms with Crippen LogP contribution in [0.3, 0.4) is 0 Å². The Morgan fingerprint density at radius 2 is 2.07 bits per heavy atom. The second kappa shape index (κ2) is 4.71. The predicted octanol–water partition coefficient (Wildman–Crippen LogP) is 1.40. The molecule has 0 bridgehead atoms. The second-order valence-corrected chi connectivity index (χ2v) is 5.02. The zero-order valence-electron chi connectivity index (χ0n) is 9.48. The van der Waals surface area contributed by atoms with Crippen LogP contribution >= 0.6 is 12.4 Å². The summed E-state index contributed by atoms with van der Waals surface area (Å²) in [4.78, 5) is 13.9. The van der Waals surface area contributed by atoms with Crippen molar-refractivity contribution in [1.29, 1.82) is 0 Å². The van der Waals surface area contributed by atoms with Crippen LogP contribution in [0.4, 0.5) is 0 Å². The smallest absolute Gasteiger partial charge is 0.240 e. The number of rotatable bonds is 2. The fourth-order valence-corrected chi connectivity index (χ4v) is 2.62. The first-order chi connectivity index (χ1) is 6.61. The van der Waals surface area contributed by atoms with Gasteiger partial charge in [0.1, 0.15) is 0 Å². The Morgan fingerprint density at radius 3 is 2.60 bits per heavy atom. The Bertz CT molecular complexity index is 245. The summed E-state index contributed by atoms with van der Waals surface area (Å²) in [6.07, 6.45) is 3.79. The van der Waals surface area contributed by atoms with E-state index >= 15 is 0 Å². The molecule has 0 aromatic rings. The van der Waals surface area contributed by atoms with E-state index in [1.165, 1.54) is 19.3 Å². The average Bonchev–Trinajstić information content (AvgIpc) is 2.46. The molecule has 3 atom stereocenters. The van der Waals surface area contributed by atoms with Gasteiger partial charge in [-0.2, -0.15) is 0 Å². The van der Waals surface area contributed by atoms with Gasteiger partial charge in [0.2, 0.25) is 5.91 Å². The molecule has 0 aromatic carbocycles. The van der Waals surface area contributed by atoms with Crippen molar-refractivity contribution in [2.24, 2.45) is 17.6 Å². The molecule has 1 aliphatic heterocycles. The lowest BCUT2D eigenvalue weighted by atomic mass is 9.90. The van der Waals surface area contributed by atoms with Gasteiger partial charge in [0, 0.05) is 12.6 Å². The summed E-state index contributed by atoms with van der Waals surface area (Å²) >= 11 is 0. The SMILES string of the molecule is CC(C)[C@@H](N)C(=O)N1CC2CCCC21.Cl. The molecular weight excluding hydrogens is 212 g/mol. The van der Waals surface area contributed by atoms with E-state index in [1.54, 1.807) is 0 Å². The molecule has 1 amide bonds. The fourth-order valence-electron chi connectivity index (χ4n) is 2.62. The third-order valence-electron chi connectivity index (χ3n) is 3.74. The Balaban J connectivity index is 0.00000112. The molecule has 1 saturated heterocycles. The summed E-state index contributed by atoms with van der Waals surface area (Å²) in [6.45, 7) is 4.98. The van der Waals surface area contributed by atoms with Crippen LogP contribution in [0.2, 0.25) is 0 Å². The first-order valence-corrected chi connectivity index (χ1v) is 5.67. The summed E-state index contributed by atoms with van der Waals surface area (Å²) in [7, 11) is 0. The van der Waals surface area contributed by atoms with Gasteiger partial charge < -0.3 is 10.6 Å². The fraction of sp³-hybridized carbons (Fsp3) is 0.909. The molecule has 3 nitrogen and oxygen atoms in total. The quantitative estimate of drug-likeness (QED) is 0.783. The van der Waals surface area contributed by atoms with Crippen molar-refractivity contribution in [3.63, 3.8) is 0 Å². The van der Waals surface area contributed by atoms with E-state index in [0.29, 0.717) is 6.04 Å². The molecule has 1 aliphatic carbocycles. The summed E-state index contributed by atoms with van der Waals surface area (Å²) in [5.74, 6) is 1.21. The normalized spacial score (nSPS) is 30.5. The molecule has 2 fully saturated rings. The second-order valence-electron chi connectivity index (χ2n) is 5.02. The van der Waals surface area contributed by atoms with Crippen LogP contribution in [-0.4, -0.2) is 29.4 Å². The third kappa shape index (κ3) is 2.13. The summed E-state index contributed by atoms with van der Waals surface area (Å²) in [5, 5.41) is 0. The number of hydrogen-bond acceptors (Lipinski definition) is 2. The number of carbonyl (C=O) groups is 1. The Kier molecular flexibility index (Phi) is 4.01. The predicted molar refractivity (Wildman–Crippen MR) is 62.9 cm³/mol. The van der Waals surface area contributed by atoms with Gasteiger partial charge in [0.15, 0.2) is 0 Å². The first-order valence-electron chi connectivity index (χ1n) is 5.67. The average molecular weight is 233 g/mol. The molecule has 2 N–H and O–H groups in total. The standard InChI is InChI=1S/C11H20N2O.ClH/c1-7(2)10(12)11(14)13-6-8-4-3-5-9(8)13;/h7-10H,3-6,12H2,1-2H3;1H/t8?,9?,10-;/m1./s1. The number of likely N-dealkylation sites (tertiary alicyclic amines) is 1. The van der Waals surface area contributed by atoms with E-state index < -0.39 is 0 Å². The number of halogens is 1. The Labute approximate surface area is 97.8 Å².